The van der Waals surface area contributed by atoms with Crippen LogP contribution in [0.4, 0.5) is 5.95 Å². The number of fused-ring (bicyclic) bond motifs is 1. The van der Waals surface area contributed by atoms with Gasteiger partial charge in [-0.05, 0) is 30.5 Å². The maximum atomic E-state index is 13.3. The van der Waals surface area contributed by atoms with E-state index in [2.05, 4.69) is 21.5 Å². The van der Waals surface area contributed by atoms with Crippen LogP contribution in [0.1, 0.15) is 41.5 Å². The number of phenols is 1. The number of aromatic hydroxyl groups is 1. The van der Waals surface area contributed by atoms with Crippen LogP contribution in [0.5, 0.6) is 5.75 Å². The summed E-state index contributed by atoms with van der Waals surface area (Å²) in [5.41, 5.74) is 4.58. The van der Waals surface area contributed by atoms with E-state index in [4.69, 9.17) is 0 Å². The summed E-state index contributed by atoms with van der Waals surface area (Å²) in [6.45, 7) is 2.04. The number of carbonyl (C=O) groups excluding carboxylic acids is 1. The molecule has 0 bridgehead atoms. The maximum Gasteiger partial charge on any atom is 0.226 e. The van der Waals surface area contributed by atoms with Crippen LogP contribution in [0.3, 0.4) is 0 Å². The highest BCUT2D eigenvalue weighted by molar-refractivity contribution is 6.00. The first-order valence-corrected chi connectivity index (χ1v) is 9.39. The van der Waals surface area contributed by atoms with Crippen molar-refractivity contribution in [2.45, 2.75) is 31.7 Å². The summed E-state index contributed by atoms with van der Waals surface area (Å²) in [5, 5.41) is 17.9. The first-order chi connectivity index (χ1) is 13.6. The average molecular weight is 372 g/mol. The van der Waals surface area contributed by atoms with Crippen LogP contribution >= 0.6 is 0 Å². The van der Waals surface area contributed by atoms with Crippen molar-refractivity contribution in [3.05, 3.63) is 82.8 Å². The predicted molar refractivity (Wildman–Crippen MR) is 105 cm³/mol. The number of aryl methyl sites for hydroxylation is 1. The second-order valence-electron chi connectivity index (χ2n) is 7.45. The lowest BCUT2D eigenvalue weighted by molar-refractivity contribution is -0.116. The van der Waals surface area contributed by atoms with Crippen molar-refractivity contribution in [2.75, 3.05) is 5.32 Å². The number of ketones is 1. The molecule has 2 atom stereocenters. The van der Waals surface area contributed by atoms with Gasteiger partial charge in [-0.15, -0.1) is 0 Å². The standard InChI is InChI=1S/C22H20N4O2/c1-13-5-4-6-14(9-13)21-20-17(25-22-23-12-24-26(21)22)10-15(11-19(20)28)16-7-2-3-8-18(16)27/h2-9,12,15,21,27H,10-11H2,1H3,(H,23,24,25)/t15-,21+/m0/s1. The van der Waals surface area contributed by atoms with E-state index in [0.717, 1.165) is 28.0 Å². The van der Waals surface area contributed by atoms with Gasteiger partial charge in [0, 0.05) is 23.6 Å². The van der Waals surface area contributed by atoms with Gasteiger partial charge in [-0.1, -0.05) is 48.0 Å². The summed E-state index contributed by atoms with van der Waals surface area (Å²) in [5.74, 6) is 0.886. The van der Waals surface area contributed by atoms with E-state index in [-0.39, 0.29) is 23.5 Å². The van der Waals surface area contributed by atoms with Crippen LogP contribution in [-0.2, 0) is 4.79 Å². The van der Waals surface area contributed by atoms with Crippen LogP contribution in [0.2, 0.25) is 0 Å². The lowest BCUT2D eigenvalue weighted by Crippen LogP contribution is -2.33. The molecule has 2 heterocycles. The summed E-state index contributed by atoms with van der Waals surface area (Å²) in [7, 11) is 0. The molecule has 6 heteroatoms. The van der Waals surface area contributed by atoms with E-state index < -0.39 is 0 Å². The SMILES string of the molecule is Cc1cccc([C@@H]2C3=C(C[C@H](c4ccccc4O)CC3=O)Nc3ncnn32)c1. The molecule has 28 heavy (non-hydrogen) atoms. The average Bonchev–Trinajstić information content (AvgIpc) is 3.14. The second-order valence-corrected chi connectivity index (χ2v) is 7.45. The zero-order valence-corrected chi connectivity index (χ0v) is 15.5. The van der Waals surface area contributed by atoms with Crippen molar-refractivity contribution >= 4 is 11.7 Å². The van der Waals surface area contributed by atoms with Crippen LogP contribution in [0, 0.1) is 6.92 Å². The number of allylic oxidation sites excluding steroid dienone is 2. The Bertz CT molecular complexity index is 1110. The van der Waals surface area contributed by atoms with Gasteiger partial charge >= 0.3 is 0 Å². The molecule has 2 aromatic carbocycles. The molecule has 1 aliphatic heterocycles. The molecule has 2 aliphatic rings. The highest BCUT2D eigenvalue weighted by Gasteiger charge is 2.39. The number of aromatic nitrogens is 3. The van der Waals surface area contributed by atoms with Gasteiger partial charge in [0.05, 0.1) is 0 Å². The van der Waals surface area contributed by atoms with Gasteiger partial charge in [-0.25, -0.2) is 4.68 Å². The minimum atomic E-state index is -0.286. The van der Waals surface area contributed by atoms with Gasteiger partial charge in [-0.2, -0.15) is 10.1 Å². The van der Waals surface area contributed by atoms with Gasteiger partial charge in [0.25, 0.3) is 0 Å². The molecule has 5 rings (SSSR count). The van der Waals surface area contributed by atoms with Crippen molar-refractivity contribution in [1.29, 1.82) is 0 Å². The number of hydrogen-bond donors (Lipinski definition) is 2. The van der Waals surface area contributed by atoms with Gasteiger partial charge < -0.3 is 10.4 Å². The predicted octanol–water partition coefficient (Wildman–Crippen LogP) is 3.71. The molecule has 2 N–H and O–H groups in total. The minimum Gasteiger partial charge on any atom is -0.508 e. The summed E-state index contributed by atoms with van der Waals surface area (Å²) in [6.07, 6.45) is 2.52. The van der Waals surface area contributed by atoms with Gasteiger partial charge in [0.2, 0.25) is 5.95 Å². The lowest BCUT2D eigenvalue weighted by atomic mass is 9.77. The smallest absolute Gasteiger partial charge is 0.226 e. The Labute approximate surface area is 162 Å². The Morgan fingerprint density at radius 1 is 1.14 bits per heavy atom. The van der Waals surface area contributed by atoms with Crippen molar-refractivity contribution in [2.24, 2.45) is 0 Å². The van der Waals surface area contributed by atoms with E-state index in [1.165, 1.54) is 6.33 Å². The third-order valence-corrected chi connectivity index (χ3v) is 5.60. The molecule has 0 saturated carbocycles. The van der Waals surface area contributed by atoms with Crippen molar-refractivity contribution < 1.29 is 9.90 Å². The van der Waals surface area contributed by atoms with Gasteiger partial charge in [-0.3, -0.25) is 4.79 Å². The number of rotatable bonds is 2. The molecule has 140 valence electrons. The molecule has 0 amide bonds. The summed E-state index contributed by atoms with van der Waals surface area (Å²) in [4.78, 5) is 17.6. The van der Waals surface area contributed by atoms with Crippen LogP contribution in [-0.4, -0.2) is 25.7 Å². The van der Waals surface area contributed by atoms with Gasteiger partial charge in [0.15, 0.2) is 5.78 Å². The fourth-order valence-electron chi connectivity index (χ4n) is 4.35. The second kappa shape index (κ2) is 6.34. The third kappa shape index (κ3) is 2.60. The molecule has 6 nitrogen and oxygen atoms in total. The molecule has 3 aromatic rings. The molecule has 0 saturated heterocycles. The fourth-order valence-corrected chi connectivity index (χ4v) is 4.35. The number of phenolic OH excluding ortho intramolecular Hbond substituents is 1. The van der Waals surface area contributed by atoms with Crippen LogP contribution in [0.25, 0.3) is 0 Å². The van der Waals surface area contributed by atoms with Crippen molar-refractivity contribution in [3.8, 4) is 5.75 Å². The Hall–Kier alpha value is -3.41. The lowest BCUT2D eigenvalue weighted by Gasteiger charge is -2.35. The topological polar surface area (TPSA) is 80.0 Å². The number of Topliss-reactive ketones (excluding diaryl/α,β-unsaturated/α-hetero) is 1. The largest absolute Gasteiger partial charge is 0.508 e. The molecule has 0 unspecified atom stereocenters. The molecule has 1 aromatic heterocycles. The number of nitrogens with zero attached hydrogens (tertiary/aromatic N) is 3. The van der Waals surface area contributed by atoms with Crippen LogP contribution < -0.4 is 5.32 Å². The van der Waals surface area contributed by atoms with E-state index in [9.17, 15) is 9.90 Å². The number of hydrogen-bond acceptors (Lipinski definition) is 5. The summed E-state index contributed by atoms with van der Waals surface area (Å²) in [6, 6.07) is 15.1. The van der Waals surface area contributed by atoms with E-state index in [1.807, 2.05) is 37.3 Å². The Morgan fingerprint density at radius 2 is 2.00 bits per heavy atom. The van der Waals surface area contributed by atoms with Gasteiger partial charge in [0.1, 0.15) is 18.1 Å². The highest BCUT2D eigenvalue weighted by atomic mass is 16.3. The van der Waals surface area contributed by atoms with Crippen molar-refractivity contribution in [1.82, 2.24) is 14.8 Å². The van der Waals surface area contributed by atoms with E-state index in [1.54, 1.807) is 16.8 Å². The number of benzene rings is 2. The molecule has 0 spiro atoms. The Kier molecular flexibility index (Phi) is 3.79. The van der Waals surface area contributed by atoms with E-state index in [0.29, 0.717) is 18.8 Å². The van der Waals surface area contributed by atoms with Crippen molar-refractivity contribution in [3.63, 3.8) is 0 Å². The number of nitrogens with one attached hydrogen (secondary N) is 1. The third-order valence-electron chi connectivity index (χ3n) is 5.60. The number of para-hydroxylation sites is 1. The maximum absolute atomic E-state index is 13.3. The molecular weight excluding hydrogens is 352 g/mol. The number of carbonyl (C=O) groups is 1. The Morgan fingerprint density at radius 3 is 2.82 bits per heavy atom. The summed E-state index contributed by atoms with van der Waals surface area (Å²) < 4.78 is 1.78. The van der Waals surface area contributed by atoms with E-state index >= 15 is 0 Å². The summed E-state index contributed by atoms with van der Waals surface area (Å²) >= 11 is 0. The quantitative estimate of drug-likeness (QED) is 0.717. The molecule has 0 fully saturated rings. The minimum absolute atomic E-state index is 0.0624. The normalized spacial score (nSPS) is 21.1. The fraction of sp³-hybridized carbons (Fsp3) is 0.227. The first-order valence-electron chi connectivity index (χ1n) is 9.39. The first kappa shape index (κ1) is 16.7. The van der Waals surface area contributed by atoms with Crippen LogP contribution in [0.15, 0.2) is 66.1 Å². The molecule has 1 aliphatic carbocycles. The highest BCUT2D eigenvalue weighted by Crippen LogP contribution is 2.45. The zero-order valence-electron chi connectivity index (χ0n) is 15.5. The molecular formula is C22H20N4O2. The number of anilines is 1. The monoisotopic (exact) mass is 372 g/mol. The Balaban J connectivity index is 1.62. The molecule has 0 radical (unpaired) electrons. The zero-order chi connectivity index (χ0) is 19.3.